The number of aliphatic carboxylic acids is 2. The topological polar surface area (TPSA) is 80.3 Å². The SMILES string of the molecule is CCCCCCCCC(CCCCCCCC)(CSCCC(=O)[O-])C(=O)[O-]. The van der Waals surface area contributed by atoms with E-state index >= 15 is 0 Å². The molecule has 0 N–H and O–H groups in total. The van der Waals surface area contributed by atoms with Gasteiger partial charge in [0.2, 0.25) is 0 Å². The van der Waals surface area contributed by atoms with Gasteiger partial charge in [0.25, 0.3) is 0 Å². The van der Waals surface area contributed by atoms with Gasteiger partial charge in [0, 0.05) is 23.1 Å². The summed E-state index contributed by atoms with van der Waals surface area (Å²) in [6.45, 7) is 4.37. The molecule has 0 heterocycles. The van der Waals surface area contributed by atoms with Crippen LogP contribution in [0.5, 0.6) is 0 Å². The molecule has 0 aromatic heterocycles. The maximum absolute atomic E-state index is 12.0. The summed E-state index contributed by atoms with van der Waals surface area (Å²) in [5.41, 5.74) is -0.813. The molecule has 0 unspecified atom stereocenters. The van der Waals surface area contributed by atoms with Crippen molar-refractivity contribution in [1.29, 1.82) is 0 Å². The highest BCUT2D eigenvalue weighted by molar-refractivity contribution is 7.99. The predicted molar refractivity (Wildman–Crippen MR) is 110 cm³/mol. The second-order valence-corrected chi connectivity index (χ2v) is 8.88. The first kappa shape index (κ1) is 26.3. The fourth-order valence-corrected chi connectivity index (χ4v) is 4.70. The van der Waals surface area contributed by atoms with Gasteiger partial charge < -0.3 is 19.8 Å². The summed E-state index contributed by atoms with van der Waals surface area (Å²) < 4.78 is 0. The van der Waals surface area contributed by atoms with Gasteiger partial charge in [-0.25, -0.2) is 0 Å². The normalized spacial score (nSPS) is 11.6. The molecule has 0 aliphatic heterocycles. The highest BCUT2D eigenvalue weighted by atomic mass is 32.2. The van der Waals surface area contributed by atoms with Crippen molar-refractivity contribution >= 4 is 23.7 Å². The van der Waals surface area contributed by atoms with Crippen molar-refractivity contribution in [3.63, 3.8) is 0 Å². The molecule has 0 aliphatic rings. The standard InChI is InChI=1S/C22H42O4S/c1-3-5-7-9-11-13-16-22(21(25)26,19-27-18-15-20(23)24)17-14-12-10-8-6-4-2/h3-19H2,1-2H3,(H,23,24)(H,25,26)/p-2. The zero-order valence-electron chi connectivity index (χ0n) is 17.6. The number of carbonyl (C=O) groups excluding carboxylic acids is 2. The summed E-state index contributed by atoms with van der Waals surface area (Å²) in [5, 5.41) is 22.6. The summed E-state index contributed by atoms with van der Waals surface area (Å²) >= 11 is 1.42. The van der Waals surface area contributed by atoms with Crippen LogP contribution in [0.4, 0.5) is 0 Å². The van der Waals surface area contributed by atoms with E-state index in [0.29, 0.717) is 24.3 Å². The predicted octanol–water partition coefficient (Wildman–Crippen LogP) is 4.10. The molecule has 5 heteroatoms. The van der Waals surface area contributed by atoms with Crippen molar-refractivity contribution in [2.75, 3.05) is 11.5 Å². The molecule has 0 spiro atoms. The molecule has 0 aromatic carbocycles. The van der Waals surface area contributed by atoms with Crippen LogP contribution in [0.25, 0.3) is 0 Å². The number of carboxylic acids is 2. The third-order valence-electron chi connectivity index (χ3n) is 5.28. The fourth-order valence-electron chi connectivity index (χ4n) is 3.44. The summed E-state index contributed by atoms with van der Waals surface area (Å²) in [4.78, 5) is 22.6. The molecule has 27 heavy (non-hydrogen) atoms. The maximum atomic E-state index is 12.0. The van der Waals surface area contributed by atoms with Crippen molar-refractivity contribution in [3.05, 3.63) is 0 Å². The molecule has 0 radical (unpaired) electrons. The smallest absolute Gasteiger partial charge is 0.0484 e. The van der Waals surface area contributed by atoms with Gasteiger partial charge >= 0.3 is 0 Å². The van der Waals surface area contributed by atoms with Gasteiger partial charge in [0.15, 0.2) is 0 Å². The molecule has 0 saturated heterocycles. The Morgan fingerprint density at radius 2 is 1.19 bits per heavy atom. The van der Waals surface area contributed by atoms with Gasteiger partial charge in [-0.05, 0) is 25.0 Å². The molecule has 0 bridgehead atoms. The van der Waals surface area contributed by atoms with E-state index in [1.807, 2.05) is 0 Å². The molecule has 0 amide bonds. The molecule has 0 fully saturated rings. The molecule has 0 atom stereocenters. The van der Waals surface area contributed by atoms with E-state index in [4.69, 9.17) is 0 Å². The van der Waals surface area contributed by atoms with Crippen LogP contribution in [-0.4, -0.2) is 23.4 Å². The van der Waals surface area contributed by atoms with Gasteiger partial charge in [-0.3, -0.25) is 0 Å². The van der Waals surface area contributed by atoms with Crippen molar-refractivity contribution in [3.8, 4) is 0 Å². The Balaban J connectivity index is 4.53. The Bertz CT molecular complexity index is 369. The molecule has 0 aliphatic carbocycles. The van der Waals surface area contributed by atoms with E-state index in [9.17, 15) is 19.8 Å². The number of hydrogen-bond donors (Lipinski definition) is 0. The molecular weight excluding hydrogens is 360 g/mol. The lowest BCUT2D eigenvalue weighted by atomic mass is 9.79. The van der Waals surface area contributed by atoms with Gasteiger partial charge in [0.05, 0.1) is 0 Å². The van der Waals surface area contributed by atoms with Crippen molar-refractivity contribution in [2.24, 2.45) is 5.41 Å². The van der Waals surface area contributed by atoms with Crippen LogP contribution >= 0.6 is 11.8 Å². The van der Waals surface area contributed by atoms with Crippen LogP contribution in [-0.2, 0) is 9.59 Å². The minimum absolute atomic E-state index is 0.0260. The van der Waals surface area contributed by atoms with Gasteiger partial charge in [-0.15, -0.1) is 0 Å². The van der Waals surface area contributed by atoms with E-state index < -0.39 is 17.4 Å². The lowest BCUT2D eigenvalue weighted by Crippen LogP contribution is -2.44. The van der Waals surface area contributed by atoms with Crippen LogP contribution in [0.2, 0.25) is 0 Å². The first-order valence-corrected chi connectivity index (χ1v) is 12.1. The van der Waals surface area contributed by atoms with Gasteiger partial charge in [0.1, 0.15) is 0 Å². The van der Waals surface area contributed by atoms with Crippen molar-refractivity contribution in [1.82, 2.24) is 0 Å². The zero-order chi connectivity index (χ0) is 20.4. The average Bonchev–Trinajstić information content (AvgIpc) is 2.63. The Hall–Kier alpha value is -0.710. The minimum atomic E-state index is -1.08. The van der Waals surface area contributed by atoms with E-state index in [1.165, 1.54) is 50.3 Å². The number of hydrogen-bond acceptors (Lipinski definition) is 5. The molecular formula is C22H40O4S-2. The van der Waals surface area contributed by atoms with Crippen LogP contribution in [0, 0.1) is 5.41 Å². The second-order valence-electron chi connectivity index (χ2n) is 7.78. The number of thioether (sulfide) groups is 1. The third-order valence-corrected chi connectivity index (χ3v) is 6.53. The summed E-state index contributed by atoms with van der Waals surface area (Å²) in [7, 11) is 0. The number of carbonyl (C=O) groups is 2. The highest BCUT2D eigenvalue weighted by Gasteiger charge is 2.30. The summed E-state index contributed by atoms with van der Waals surface area (Å²) in [5.74, 6) is -1.17. The lowest BCUT2D eigenvalue weighted by Gasteiger charge is -2.35. The van der Waals surface area contributed by atoms with Crippen LogP contribution in [0.15, 0.2) is 0 Å². The second kappa shape index (κ2) is 17.4. The Morgan fingerprint density at radius 3 is 1.59 bits per heavy atom. The summed E-state index contributed by atoms with van der Waals surface area (Å²) in [6.07, 6.45) is 14.9. The molecule has 0 saturated carbocycles. The van der Waals surface area contributed by atoms with E-state index in [2.05, 4.69) is 13.8 Å². The van der Waals surface area contributed by atoms with Crippen LogP contribution in [0.3, 0.4) is 0 Å². The number of carboxylic acid groups (broad SMARTS) is 2. The molecule has 0 aromatic rings. The first-order valence-electron chi connectivity index (χ1n) is 11.0. The third kappa shape index (κ3) is 14.0. The van der Waals surface area contributed by atoms with Gasteiger partial charge in [-0.1, -0.05) is 90.9 Å². The molecule has 0 rings (SSSR count). The highest BCUT2D eigenvalue weighted by Crippen LogP contribution is 2.35. The number of rotatable bonds is 20. The van der Waals surface area contributed by atoms with Crippen molar-refractivity contribution in [2.45, 2.75) is 110 Å². The zero-order valence-corrected chi connectivity index (χ0v) is 18.4. The average molecular weight is 401 g/mol. The molecule has 160 valence electrons. The fraction of sp³-hybridized carbons (Fsp3) is 0.909. The Labute approximate surface area is 170 Å². The van der Waals surface area contributed by atoms with Crippen molar-refractivity contribution < 1.29 is 19.8 Å². The summed E-state index contributed by atoms with van der Waals surface area (Å²) in [6, 6.07) is 0. The Morgan fingerprint density at radius 1 is 0.741 bits per heavy atom. The largest absolute Gasteiger partial charge is 0.550 e. The lowest BCUT2D eigenvalue weighted by molar-refractivity contribution is -0.319. The number of unbranched alkanes of at least 4 members (excludes halogenated alkanes) is 10. The maximum Gasteiger partial charge on any atom is 0.0484 e. The van der Waals surface area contributed by atoms with Crippen LogP contribution in [0.1, 0.15) is 110 Å². The first-order chi connectivity index (χ1) is 13.0. The van der Waals surface area contributed by atoms with E-state index in [1.54, 1.807) is 0 Å². The van der Waals surface area contributed by atoms with Crippen LogP contribution < -0.4 is 10.2 Å². The Kier molecular flexibility index (Phi) is 16.9. The van der Waals surface area contributed by atoms with E-state index in [0.717, 1.165) is 38.5 Å². The molecule has 4 nitrogen and oxygen atoms in total. The quantitative estimate of drug-likeness (QED) is 0.287. The monoisotopic (exact) mass is 400 g/mol. The van der Waals surface area contributed by atoms with E-state index in [-0.39, 0.29) is 6.42 Å². The van der Waals surface area contributed by atoms with Gasteiger partial charge in [-0.2, -0.15) is 11.8 Å². The minimum Gasteiger partial charge on any atom is -0.550 e.